The summed E-state index contributed by atoms with van der Waals surface area (Å²) in [6, 6.07) is 7.95. The Morgan fingerprint density at radius 2 is 2.05 bits per heavy atom. The maximum Gasteiger partial charge on any atom is 0.223 e. The maximum atomic E-state index is 5.94. The lowest BCUT2D eigenvalue weighted by Gasteiger charge is -2.12. The van der Waals surface area contributed by atoms with E-state index in [9.17, 15) is 0 Å². The number of nitrogens with zero attached hydrogens (tertiary/aromatic N) is 1. The Labute approximate surface area is 142 Å². The second-order valence-electron chi connectivity index (χ2n) is 4.81. The average Bonchev–Trinajstić information content (AvgIpc) is 2.46. The van der Waals surface area contributed by atoms with Gasteiger partial charge in [-0.15, -0.1) is 0 Å². The second kappa shape index (κ2) is 7.92. The lowest BCUT2D eigenvalue weighted by Crippen LogP contribution is -2.14. The summed E-state index contributed by atoms with van der Waals surface area (Å²) in [5.74, 6) is 1.44. The molecule has 0 bridgehead atoms. The molecule has 0 atom stereocenters. The Bertz CT molecular complexity index is 617. The van der Waals surface area contributed by atoms with E-state index in [1.54, 1.807) is 6.20 Å². The first-order chi connectivity index (χ1) is 10.1. The van der Waals surface area contributed by atoms with E-state index < -0.39 is 0 Å². The molecule has 0 radical (unpaired) electrons. The number of rotatable bonds is 6. The fraction of sp³-hybridized carbons (Fsp3) is 0.312. The van der Waals surface area contributed by atoms with E-state index in [0.29, 0.717) is 5.88 Å². The van der Waals surface area contributed by atoms with Crippen molar-refractivity contribution in [2.24, 2.45) is 0 Å². The lowest BCUT2D eigenvalue weighted by molar-refractivity contribution is 0.452. The van der Waals surface area contributed by atoms with Gasteiger partial charge in [0.1, 0.15) is 5.75 Å². The summed E-state index contributed by atoms with van der Waals surface area (Å²) in [4.78, 5) is 4.38. The zero-order valence-corrected chi connectivity index (χ0v) is 15.3. The smallest absolute Gasteiger partial charge is 0.223 e. The monoisotopic (exact) mass is 412 g/mol. The first-order valence-electron chi connectivity index (χ1n) is 6.89. The van der Waals surface area contributed by atoms with E-state index in [0.717, 1.165) is 45.3 Å². The number of halogens is 2. The highest BCUT2D eigenvalue weighted by molar-refractivity contribution is 9.10. The summed E-state index contributed by atoms with van der Waals surface area (Å²) in [6.07, 6.45) is 2.86. The molecule has 0 unspecified atom stereocenters. The molecule has 0 spiro atoms. The quantitative estimate of drug-likeness (QED) is 0.660. The Hall–Kier alpha value is -0.910. The van der Waals surface area contributed by atoms with Crippen molar-refractivity contribution in [2.45, 2.75) is 26.8 Å². The summed E-state index contributed by atoms with van der Waals surface area (Å²) in [6.45, 7) is 5.90. The van der Waals surface area contributed by atoms with Crippen LogP contribution in [0.4, 0.5) is 0 Å². The molecule has 0 fully saturated rings. The minimum absolute atomic E-state index is 0.642. The van der Waals surface area contributed by atoms with Crippen molar-refractivity contribution in [3.8, 4) is 11.6 Å². The minimum atomic E-state index is 0.642. The van der Waals surface area contributed by atoms with Gasteiger partial charge in [0.2, 0.25) is 5.88 Å². The number of aryl methyl sites for hydroxylation is 1. The van der Waals surface area contributed by atoms with Gasteiger partial charge in [-0.1, -0.05) is 22.9 Å². The first kappa shape index (κ1) is 16.5. The minimum Gasteiger partial charge on any atom is -0.439 e. The van der Waals surface area contributed by atoms with Crippen LogP contribution < -0.4 is 10.1 Å². The molecule has 1 N–H and O–H groups in total. The third-order valence-electron chi connectivity index (χ3n) is 2.98. The van der Waals surface area contributed by atoms with Crippen molar-refractivity contribution < 1.29 is 4.74 Å². The molecule has 1 aromatic heterocycles. The summed E-state index contributed by atoms with van der Waals surface area (Å²) in [5, 5.41) is 3.38. The van der Waals surface area contributed by atoms with Gasteiger partial charge >= 0.3 is 0 Å². The van der Waals surface area contributed by atoms with Gasteiger partial charge in [0.05, 0.1) is 0 Å². The van der Waals surface area contributed by atoms with Crippen molar-refractivity contribution in [1.82, 2.24) is 10.3 Å². The Balaban J connectivity index is 2.19. The van der Waals surface area contributed by atoms with E-state index in [2.05, 4.69) is 49.1 Å². The molecular weight excluding hydrogens is 396 g/mol. The number of aromatic nitrogens is 1. The van der Waals surface area contributed by atoms with Gasteiger partial charge < -0.3 is 10.1 Å². The van der Waals surface area contributed by atoms with Crippen LogP contribution in [0.25, 0.3) is 0 Å². The van der Waals surface area contributed by atoms with Crippen LogP contribution in [0.15, 0.2) is 39.4 Å². The van der Waals surface area contributed by atoms with Gasteiger partial charge in [0.15, 0.2) is 0 Å². The highest BCUT2D eigenvalue weighted by atomic mass is 79.9. The highest BCUT2D eigenvalue weighted by Gasteiger charge is 2.08. The molecule has 0 aliphatic carbocycles. The fourth-order valence-electron chi connectivity index (χ4n) is 1.88. The molecule has 2 aromatic rings. The summed E-state index contributed by atoms with van der Waals surface area (Å²) in [5.41, 5.74) is 2.17. The molecule has 0 aliphatic rings. The SMILES string of the molecule is CCCNCc1cc(Br)cnc1Oc1ccc(Br)c(C)c1. The molecule has 0 saturated carbocycles. The van der Waals surface area contributed by atoms with Crippen LogP contribution in [-0.4, -0.2) is 11.5 Å². The number of hydrogen-bond donors (Lipinski definition) is 1. The standard InChI is InChI=1S/C16H18Br2N2O/c1-3-6-19-9-12-8-13(17)10-20-16(12)21-14-4-5-15(18)11(2)7-14/h4-5,7-8,10,19H,3,6,9H2,1-2H3. The number of benzene rings is 1. The number of hydrogen-bond acceptors (Lipinski definition) is 3. The van der Waals surface area contributed by atoms with Crippen LogP contribution in [0.5, 0.6) is 11.6 Å². The predicted molar refractivity (Wildman–Crippen MR) is 92.9 cm³/mol. The third kappa shape index (κ3) is 4.80. The zero-order valence-electron chi connectivity index (χ0n) is 12.1. The number of ether oxygens (including phenoxy) is 1. The van der Waals surface area contributed by atoms with E-state index in [1.165, 1.54) is 0 Å². The summed E-state index contributed by atoms with van der Waals surface area (Å²) < 4.78 is 7.96. The topological polar surface area (TPSA) is 34.2 Å². The van der Waals surface area contributed by atoms with Crippen LogP contribution in [0.3, 0.4) is 0 Å². The Kier molecular flexibility index (Phi) is 6.21. The van der Waals surface area contributed by atoms with E-state index in [4.69, 9.17) is 4.74 Å². The normalized spacial score (nSPS) is 10.7. The second-order valence-corrected chi connectivity index (χ2v) is 6.58. The third-order valence-corrected chi connectivity index (χ3v) is 4.30. The largest absolute Gasteiger partial charge is 0.439 e. The molecule has 0 amide bonds. The molecule has 0 saturated heterocycles. The molecule has 21 heavy (non-hydrogen) atoms. The average molecular weight is 414 g/mol. The van der Waals surface area contributed by atoms with Gasteiger partial charge in [-0.2, -0.15) is 0 Å². The molecular formula is C16H18Br2N2O. The molecule has 5 heteroatoms. The van der Waals surface area contributed by atoms with Gasteiger partial charge in [-0.05, 0) is 65.6 Å². The van der Waals surface area contributed by atoms with E-state index in [1.807, 2.05) is 31.2 Å². The van der Waals surface area contributed by atoms with Crippen LogP contribution in [0, 0.1) is 6.92 Å². The molecule has 112 valence electrons. The van der Waals surface area contributed by atoms with Crippen LogP contribution >= 0.6 is 31.9 Å². The molecule has 3 nitrogen and oxygen atoms in total. The molecule has 1 heterocycles. The first-order valence-corrected chi connectivity index (χ1v) is 8.48. The van der Waals surface area contributed by atoms with Crippen molar-refractivity contribution in [2.75, 3.05) is 6.54 Å². The van der Waals surface area contributed by atoms with Gasteiger partial charge in [0, 0.05) is 27.3 Å². The van der Waals surface area contributed by atoms with Gasteiger partial charge in [0.25, 0.3) is 0 Å². The van der Waals surface area contributed by atoms with Crippen molar-refractivity contribution in [3.63, 3.8) is 0 Å². The molecule has 0 aliphatic heterocycles. The summed E-state index contributed by atoms with van der Waals surface area (Å²) >= 11 is 6.95. The highest BCUT2D eigenvalue weighted by Crippen LogP contribution is 2.28. The number of nitrogens with one attached hydrogen (secondary N) is 1. The van der Waals surface area contributed by atoms with E-state index >= 15 is 0 Å². The van der Waals surface area contributed by atoms with E-state index in [-0.39, 0.29) is 0 Å². The Morgan fingerprint density at radius 1 is 1.24 bits per heavy atom. The lowest BCUT2D eigenvalue weighted by atomic mass is 10.2. The van der Waals surface area contributed by atoms with Crippen molar-refractivity contribution in [3.05, 3.63) is 50.5 Å². The van der Waals surface area contributed by atoms with Gasteiger partial charge in [-0.3, -0.25) is 0 Å². The predicted octanol–water partition coefficient (Wildman–Crippen LogP) is 5.21. The van der Waals surface area contributed by atoms with Crippen molar-refractivity contribution >= 4 is 31.9 Å². The zero-order chi connectivity index (χ0) is 15.2. The van der Waals surface area contributed by atoms with Crippen LogP contribution in [0.2, 0.25) is 0 Å². The Morgan fingerprint density at radius 3 is 2.76 bits per heavy atom. The summed E-state index contributed by atoms with van der Waals surface area (Å²) in [7, 11) is 0. The number of pyridine rings is 1. The van der Waals surface area contributed by atoms with Crippen LogP contribution in [-0.2, 0) is 6.54 Å². The molecule has 2 rings (SSSR count). The fourth-order valence-corrected chi connectivity index (χ4v) is 2.50. The van der Waals surface area contributed by atoms with Crippen LogP contribution in [0.1, 0.15) is 24.5 Å². The maximum absolute atomic E-state index is 5.94. The van der Waals surface area contributed by atoms with Crippen molar-refractivity contribution in [1.29, 1.82) is 0 Å². The molecule has 1 aromatic carbocycles. The van der Waals surface area contributed by atoms with Gasteiger partial charge in [-0.25, -0.2) is 4.98 Å².